The third kappa shape index (κ3) is 6.90. The van der Waals surface area contributed by atoms with Gasteiger partial charge in [-0.2, -0.15) is 0 Å². The highest BCUT2D eigenvalue weighted by molar-refractivity contribution is 5.47. The Bertz CT molecular complexity index is 306. The molecule has 0 bridgehead atoms. The van der Waals surface area contributed by atoms with Crippen molar-refractivity contribution in [3.63, 3.8) is 0 Å². The summed E-state index contributed by atoms with van der Waals surface area (Å²) in [6, 6.07) is 4.05. The number of hydrogen-bond acceptors (Lipinski definition) is 2. The first-order valence-electron chi connectivity index (χ1n) is 6.58. The van der Waals surface area contributed by atoms with Crippen LogP contribution in [0.3, 0.4) is 0 Å². The summed E-state index contributed by atoms with van der Waals surface area (Å²) in [7, 11) is 2.20. The highest BCUT2D eigenvalue weighted by atomic mass is 15.1. The summed E-state index contributed by atoms with van der Waals surface area (Å²) < 4.78 is 0. The van der Waals surface area contributed by atoms with Crippen molar-refractivity contribution in [2.24, 2.45) is 0 Å². The predicted molar refractivity (Wildman–Crippen MR) is 74.9 cm³/mol. The Hall–Kier alpha value is -1.15. The van der Waals surface area contributed by atoms with Crippen LogP contribution in [0.4, 0.5) is 0 Å². The molecule has 0 unspecified atom stereocenters. The maximum atomic E-state index is 4.09. The van der Waals surface area contributed by atoms with Crippen LogP contribution in [-0.4, -0.2) is 30.0 Å². The fourth-order valence-corrected chi connectivity index (χ4v) is 1.73. The molecular formula is C15H24N2. The predicted octanol–water partition coefficient (Wildman–Crippen LogP) is 3.61. The van der Waals surface area contributed by atoms with Crippen molar-refractivity contribution in [1.82, 2.24) is 9.88 Å². The van der Waals surface area contributed by atoms with Crippen molar-refractivity contribution in [1.29, 1.82) is 0 Å². The molecular weight excluding hydrogens is 208 g/mol. The van der Waals surface area contributed by atoms with Crippen LogP contribution in [0.2, 0.25) is 0 Å². The van der Waals surface area contributed by atoms with Gasteiger partial charge in [-0.25, -0.2) is 0 Å². The van der Waals surface area contributed by atoms with E-state index in [1.54, 1.807) is 6.20 Å². The normalized spacial score (nSPS) is 11.5. The number of nitrogens with zero attached hydrogens (tertiary/aromatic N) is 2. The third-order valence-corrected chi connectivity index (χ3v) is 2.82. The monoisotopic (exact) mass is 232 g/mol. The van der Waals surface area contributed by atoms with Crippen LogP contribution in [0.25, 0.3) is 6.08 Å². The van der Waals surface area contributed by atoms with Crippen LogP contribution in [0.5, 0.6) is 0 Å². The molecule has 0 saturated heterocycles. The van der Waals surface area contributed by atoms with E-state index in [4.69, 9.17) is 0 Å². The minimum absolute atomic E-state index is 1.11. The quantitative estimate of drug-likeness (QED) is 0.637. The van der Waals surface area contributed by atoms with Crippen molar-refractivity contribution in [2.45, 2.75) is 32.6 Å². The van der Waals surface area contributed by atoms with Gasteiger partial charge in [-0.15, -0.1) is 0 Å². The summed E-state index contributed by atoms with van der Waals surface area (Å²) in [6.45, 7) is 4.60. The smallest absolute Gasteiger partial charge is 0.0340 e. The molecule has 94 valence electrons. The van der Waals surface area contributed by atoms with Gasteiger partial charge in [0.2, 0.25) is 0 Å². The lowest BCUT2D eigenvalue weighted by molar-refractivity contribution is 0.332. The summed E-state index contributed by atoms with van der Waals surface area (Å²) in [5, 5.41) is 0. The molecule has 0 fully saturated rings. The number of unbranched alkanes of at least 4 members (excludes halogenated alkanes) is 2. The molecule has 0 N–H and O–H groups in total. The topological polar surface area (TPSA) is 16.1 Å². The van der Waals surface area contributed by atoms with Crippen LogP contribution in [0.15, 0.2) is 30.6 Å². The molecule has 0 aliphatic rings. The van der Waals surface area contributed by atoms with E-state index in [2.05, 4.69) is 42.1 Å². The summed E-state index contributed by atoms with van der Waals surface area (Å²) in [5.74, 6) is 0. The van der Waals surface area contributed by atoms with Gasteiger partial charge in [0, 0.05) is 18.9 Å². The zero-order chi connectivity index (χ0) is 12.3. The lowest BCUT2D eigenvalue weighted by Crippen LogP contribution is -2.20. The zero-order valence-corrected chi connectivity index (χ0v) is 11.1. The Morgan fingerprint density at radius 2 is 2.18 bits per heavy atom. The van der Waals surface area contributed by atoms with Gasteiger partial charge in [0.05, 0.1) is 0 Å². The third-order valence-electron chi connectivity index (χ3n) is 2.82. The van der Waals surface area contributed by atoms with E-state index < -0.39 is 0 Å². The van der Waals surface area contributed by atoms with Crippen molar-refractivity contribution < 1.29 is 0 Å². The molecule has 1 aromatic rings. The average molecular weight is 232 g/mol. The lowest BCUT2D eigenvalue weighted by atomic mass is 10.2. The van der Waals surface area contributed by atoms with E-state index in [0.717, 1.165) is 13.0 Å². The first kappa shape index (κ1) is 13.9. The fraction of sp³-hybridized carbons (Fsp3) is 0.533. The van der Waals surface area contributed by atoms with Gasteiger partial charge < -0.3 is 4.90 Å². The first-order valence-corrected chi connectivity index (χ1v) is 6.58. The van der Waals surface area contributed by atoms with E-state index in [0.29, 0.717) is 0 Å². The first-order chi connectivity index (χ1) is 8.33. The molecule has 0 aromatic carbocycles. The minimum atomic E-state index is 1.11. The van der Waals surface area contributed by atoms with Gasteiger partial charge >= 0.3 is 0 Å². The Morgan fingerprint density at radius 3 is 2.88 bits per heavy atom. The standard InChI is InChI=1S/C15H24N2/c1-3-4-6-12-17(2)13-7-5-9-15-10-8-11-16-14-15/h5,8-11,14H,3-4,6-7,12-13H2,1-2H3/b9-5+. The van der Waals surface area contributed by atoms with E-state index in [-0.39, 0.29) is 0 Å². The Morgan fingerprint density at radius 1 is 1.29 bits per heavy atom. The van der Waals surface area contributed by atoms with Gasteiger partial charge in [-0.05, 0) is 38.1 Å². The molecule has 0 atom stereocenters. The van der Waals surface area contributed by atoms with Gasteiger partial charge in [-0.1, -0.05) is 38.0 Å². The van der Waals surface area contributed by atoms with Crippen LogP contribution in [0.1, 0.15) is 38.2 Å². The van der Waals surface area contributed by atoms with Crippen LogP contribution < -0.4 is 0 Å². The molecule has 0 amide bonds. The van der Waals surface area contributed by atoms with Crippen LogP contribution in [-0.2, 0) is 0 Å². The molecule has 2 nitrogen and oxygen atoms in total. The van der Waals surface area contributed by atoms with Crippen molar-refractivity contribution >= 4 is 6.08 Å². The number of rotatable bonds is 8. The van der Waals surface area contributed by atoms with Crippen LogP contribution >= 0.6 is 0 Å². The SMILES string of the molecule is CCCCCN(C)CC/C=C/c1cccnc1. The second-order valence-electron chi connectivity index (χ2n) is 4.49. The molecule has 1 heterocycles. The number of pyridine rings is 1. The minimum Gasteiger partial charge on any atom is -0.306 e. The van der Waals surface area contributed by atoms with Gasteiger partial charge in [0.25, 0.3) is 0 Å². The van der Waals surface area contributed by atoms with E-state index in [9.17, 15) is 0 Å². The van der Waals surface area contributed by atoms with E-state index in [1.165, 1.54) is 31.4 Å². The molecule has 1 aromatic heterocycles. The second-order valence-corrected chi connectivity index (χ2v) is 4.49. The van der Waals surface area contributed by atoms with Gasteiger partial charge in [0.15, 0.2) is 0 Å². The Labute approximate surface area is 105 Å². The fourth-order valence-electron chi connectivity index (χ4n) is 1.73. The highest BCUT2D eigenvalue weighted by Crippen LogP contribution is 2.01. The van der Waals surface area contributed by atoms with E-state index in [1.807, 2.05) is 12.3 Å². The van der Waals surface area contributed by atoms with Gasteiger partial charge in [0.1, 0.15) is 0 Å². The number of aromatic nitrogens is 1. The maximum absolute atomic E-state index is 4.09. The molecule has 1 rings (SSSR count). The summed E-state index contributed by atoms with van der Waals surface area (Å²) >= 11 is 0. The lowest BCUT2D eigenvalue weighted by Gasteiger charge is -2.14. The average Bonchev–Trinajstić information content (AvgIpc) is 2.36. The van der Waals surface area contributed by atoms with Crippen molar-refractivity contribution in [2.75, 3.05) is 20.1 Å². The Kier molecular flexibility index (Phi) is 7.32. The highest BCUT2D eigenvalue weighted by Gasteiger charge is 1.95. The molecule has 17 heavy (non-hydrogen) atoms. The molecule has 0 aliphatic carbocycles. The zero-order valence-electron chi connectivity index (χ0n) is 11.1. The van der Waals surface area contributed by atoms with Gasteiger partial charge in [-0.3, -0.25) is 4.98 Å². The van der Waals surface area contributed by atoms with E-state index >= 15 is 0 Å². The van der Waals surface area contributed by atoms with Crippen molar-refractivity contribution in [3.05, 3.63) is 36.2 Å². The molecule has 0 saturated carbocycles. The second kappa shape index (κ2) is 8.94. The molecule has 0 radical (unpaired) electrons. The van der Waals surface area contributed by atoms with Crippen molar-refractivity contribution in [3.8, 4) is 0 Å². The summed E-state index contributed by atoms with van der Waals surface area (Å²) in [5.41, 5.74) is 1.18. The summed E-state index contributed by atoms with van der Waals surface area (Å²) in [6.07, 6.45) is 13.1. The Balaban J connectivity index is 2.12. The molecule has 0 aliphatic heterocycles. The largest absolute Gasteiger partial charge is 0.306 e. The molecule has 0 spiro atoms. The number of hydrogen-bond donors (Lipinski definition) is 0. The summed E-state index contributed by atoms with van der Waals surface area (Å²) in [4.78, 5) is 6.49. The molecule has 2 heteroatoms. The maximum Gasteiger partial charge on any atom is 0.0340 e. The van der Waals surface area contributed by atoms with Crippen LogP contribution in [0, 0.1) is 0 Å².